The fourth-order valence-corrected chi connectivity index (χ4v) is 4.65. The molecular formula is C18H24N6O3S. The molecule has 10 heteroatoms. The van der Waals surface area contributed by atoms with Gasteiger partial charge in [-0.15, -0.1) is 10.2 Å². The first-order valence-corrected chi connectivity index (χ1v) is 10.2. The number of nitrogens with zero attached hydrogens (tertiary/aromatic N) is 5. The van der Waals surface area contributed by atoms with Gasteiger partial charge < -0.3 is 20.1 Å². The van der Waals surface area contributed by atoms with Gasteiger partial charge in [-0.2, -0.15) is 0 Å². The number of piperidine rings is 1. The number of hydrogen-bond donors (Lipinski definition) is 2. The van der Waals surface area contributed by atoms with Gasteiger partial charge in [0, 0.05) is 32.1 Å². The number of aromatic nitrogens is 4. The Bertz CT molecular complexity index is 822. The molecule has 2 aromatic rings. The number of aryl methyl sites for hydroxylation is 1. The fraction of sp³-hybridized carbons (Fsp3) is 0.611. The Morgan fingerprint density at radius 3 is 2.68 bits per heavy atom. The topological polar surface area (TPSA) is 113 Å². The number of anilines is 1. The van der Waals surface area contributed by atoms with Crippen molar-refractivity contribution in [2.45, 2.75) is 50.4 Å². The minimum absolute atomic E-state index is 0.287. The molecule has 1 amide bonds. The van der Waals surface area contributed by atoms with E-state index in [0.717, 1.165) is 18.2 Å². The van der Waals surface area contributed by atoms with Crippen LogP contribution in [0.15, 0.2) is 17.9 Å². The molecule has 0 aromatic carbocycles. The number of aliphatic hydroxyl groups is 1. The highest BCUT2D eigenvalue weighted by Gasteiger charge is 2.54. The van der Waals surface area contributed by atoms with Crippen LogP contribution in [0.3, 0.4) is 0 Å². The third-order valence-electron chi connectivity index (χ3n) is 5.78. The van der Waals surface area contributed by atoms with Crippen LogP contribution in [0.25, 0.3) is 0 Å². The van der Waals surface area contributed by atoms with Gasteiger partial charge in [0.15, 0.2) is 0 Å². The normalized spacial score (nSPS) is 27.0. The highest BCUT2D eigenvalue weighted by atomic mass is 32.1. The third-order valence-corrected chi connectivity index (χ3v) is 6.53. The second-order valence-electron chi connectivity index (χ2n) is 7.66. The second kappa shape index (κ2) is 7.34. The van der Waals surface area contributed by atoms with Crippen molar-refractivity contribution in [2.75, 3.05) is 24.6 Å². The summed E-state index contributed by atoms with van der Waals surface area (Å²) in [5.41, 5.74) is 0.634. The molecule has 150 valence electrons. The van der Waals surface area contributed by atoms with Crippen molar-refractivity contribution < 1.29 is 14.6 Å². The van der Waals surface area contributed by atoms with Crippen LogP contribution in [0.5, 0.6) is 0 Å². The molecule has 4 heterocycles. The van der Waals surface area contributed by atoms with E-state index in [0.29, 0.717) is 37.3 Å². The predicted molar refractivity (Wildman–Crippen MR) is 103 cm³/mol. The Labute approximate surface area is 167 Å². The van der Waals surface area contributed by atoms with Crippen LogP contribution < -0.4 is 10.2 Å². The molecule has 0 saturated carbocycles. The summed E-state index contributed by atoms with van der Waals surface area (Å²) in [5, 5.41) is 23.2. The van der Waals surface area contributed by atoms with Crippen molar-refractivity contribution >= 4 is 22.4 Å². The van der Waals surface area contributed by atoms with E-state index in [1.165, 1.54) is 23.7 Å². The summed E-state index contributed by atoms with van der Waals surface area (Å²) in [5.74, 6) is 0.319. The van der Waals surface area contributed by atoms with E-state index in [4.69, 9.17) is 4.74 Å². The first-order chi connectivity index (χ1) is 13.4. The standard InChI is InChI=1S/C18H24N6O3S/c1-12-19-9-13(10-20-12)14(25)22-17(2)5-8-27-18(15(17)26)3-6-24(7-4-18)16-23-21-11-28-16/h9-11,15,26H,3-8H2,1-2H3,(H,22,25)/t15-,17+/m1/s1. The van der Waals surface area contributed by atoms with Crippen LogP contribution in [-0.2, 0) is 4.74 Å². The minimum Gasteiger partial charge on any atom is -0.388 e. The van der Waals surface area contributed by atoms with E-state index in [2.05, 4.69) is 30.4 Å². The zero-order valence-corrected chi connectivity index (χ0v) is 16.8. The van der Waals surface area contributed by atoms with Crippen LogP contribution in [0.2, 0.25) is 0 Å². The molecule has 9 nitrogen and oxygen atoms in total. The largest absolute Gasteiger partial charge is 0.388 e. The maximum Gasteiger partial charge on any atom is 0.254 e. The number of aliphatic hydroxyl groups excluding tert-OH is 1. The molecule has 2 aromatic heterocycles. The van der Waals surface area contributed by atoms with Crippen LogP contribution in [0.1, 0.15) is 42.4 Å². The Hall–Kier alpha value is -2.17. The summed E-state index contributed by atoms with van der Waals surface area (Å²) in [6, 6.07) is 0. The van der Waals surface area contributed by atoms with Crippen molar-refractivity contribution in [3.8, 4) is 0 Å². The van der Waals surface area contributed by atoms with Gasteiger partial charge in [0.25, 0.3) is 5.91 Å². The van der Waals surface area contributed by atoms with Gasteiger partial charge in [-0.3, -0.25) is 4.79 Å². The van der Waals surface area contributed by atoms with E-state index in [-0.39, 0.29) is 5.91 Å². The zero-order chi connectivity index (χ0) is 19.8. The Morgan fingerprint density at radius 2 is 2.04 bits per heavy atom. The van der Waals surface area contributed by atoms with E-state index >= 15 is 0 Å². The number of amides is 1. The number of carbonyl (C=O) groups is 1. The fourth-order valence-electron chi connectivity index (χ4n) is 4.03. The molecule has 2 saturated heterocycles. The van der Waals surface area contributed by atoms with Crippen LogP contribution >= 0.6 is 11.3 Å². The van der Waals surface area contributed by atoms with Gasteiger partial charge in [0.05, 0.1) is 16.7 Å². The van der Waals surface area contributed by atoms with Gasteiger partial charge in [-0.05, 0) is 33.1 Å². The Balaban J connectivity index is 1.47. The number of rotatable bonds is 3. The zero-order valence-electron chi connectivity index (χ0n) is 16.0. The number of hydrogen-bond acceptors (Lipinski definition) is 9. The minimum atomic E-state index is -0.819. The summed E-state index contributed by atoms with van der Waals surface area (Å²) in [4.78, 5) is 23.0. The Morgan fingerprint density at radius 1 is 1.32 bits per heavy atom. The maximum absolute atomic E-state index is 12.7. The van der Waals surface area contributed by atoms with E-state index in [1.807, 2.05) is 6.92 Å². The van der Waals surface area contributed by atoms with E-state index < -0.39 is 17.2 Å². The SMILES string of the molecule is Cc1ncc(C(=O)N[C@@]2(C)CCOC3(CCN(c4nncs4)CC3)[C@@H]2O)cn1. The molecule has 2 atom stereocenters. The summed E-state index contributed by atoms with van der Waals surface area (Å²) >= 11 is 1.50. The molecule has 2 aliphatic rings. The number of nitrogens with one attached hydrogen (secondary N) is 1. The summed E-state index contributed by atoms with van der Waals surface area (Å²) in [6.07, 6.45) is 4.04. The molecule has 2 N–H and O–H groups in total. The van der Waals surface area contributed by atoms with Gasteiger partial charge in [-0.1, -0.05) is 11.3 Å². The molecule has 1 spiro atoms. The highest BCUT2D eigenvalue weighted by Crippen LogP contribution is 2.40. The van der Waals surface area contributed by atoms with Crippen molar-refractivity contribution in [3.63, 3.8) is 0 Å². The summed E-state index contributed by atoms with van der Waals surface area (Å²) < 4.78 is 6.10. The van der Waals surface area contributed by atoms with Crippen LogP contribution in [0.4, 0.5) is 5.13 Å². The molecule has 0 unspecified atom stereocenters. The third kappa shape index (κ3) is 3.47. The maximum atomic E-state index is 12.7. The molecule has 0 radical (unpaired) electrons. The smallest absolute Gasteiger partial charge is 0.254 e. The van der Waals surface area contributed by atoms with Crippen molar-refractivity contribution in [2.24, 2.45) is 0 Å². The van der Waals surface area contributed by atoms with Gasteiger partial charge in [-0.25, -0.2) is 9.97 Å². The van der Waals surface area contributed by atoms with Crippen LogP contribution in [0, 0.1) is 6.92 Å². The first-order valence-electron chi connectivity index (χ1n) is 9.36. The lowest BCUT2D eigenvalue weighted by molar-refractivity contribution is -0.195. The number of carbonyl (C=O) groups excluding carboxylic acids is 1. The average Bonchev–Trinajstić information content (AvgIpc) is 3.22. The van der Waals surface area contributed by atoms with Crippen molar-refractivity contribution in [1.82, 2.24) is 25.5 Å². The monoisotopic (exact) mass is 404 g/mol. The quantitative estimate of drug-likeness (QED) is 0.777. The first kappa shape index (κ1) is 19.2. The molecule has 28 heavy (non-hydrogen) atoms. The molecular weight excluding hydrogens is 380 g/mol. The van der Waals surface area contributed by atoms with Gasteiger partial charge in [0.2, 0.25) is 5.13 Å². The summed E-state index contributed by atoms with van der Waals surface area (Å²) in [7, 11) is 0. The van der Waals surface area contributed by atoms with Gasteiger partial charge >= 0.3 is 0 Å². The van der Waals surface area contributed by atoms with Crippen molar-refractivity contribution in [3.05, 3.63) is 29.3 Å². The molecule has 2 aliphatic heterocycles. The van der Waals surface area contributed by atoms with Crippen molar-refractivity contribution in [1.29, 1.82) is 0 Å². The molecule has 4 rings (SSSR count). The van der Waals surface area contributed by atoms with E-state index in [9.17, 15) is 9.90 Å². The molecule has 0 bridgehead atoms. The average molecular weight is 404 g/mol. The second-order valence-corrected chi connectivity index (χ2v) is 8.48. The van der Waals surface area contributed by atoms with Crippen LogP contribution in [-0.4, -0.2) is 68.1 Å². The lowest BCUT2D eigenvalue weighted by Gasteiger charge is -2.53. The predicted octanol–water partition coefficient (Wildman–Crippen LogP) is 0.945. The highest BCUT2D eigenvalue weighted by molar-refractivity contribution is 7.13. The molecule has 2 fully saturated rings. The Kier molecular flexibility index (Phi) is 5.02. The number of ether oxygens (including phenoxy) is 1. The van der Waals surface area contributed by atoms with E-state index in [1.54, 1.807) is 12.4 Å². The van der Waals surface area contributed by atoms with Gasteiger partial charge in [0.1, 0.15) is 17.4 Å². The molecule has 0 aliphatic carbocycles. The lowest BCUT2D eigenvalue weighted by atomic mass is 9.73. The lowest BCUT2D eigenvalue weighted by Crippen LogP contribution is -2.69. The summed E-state index contributed by atoms with van der Waals surface area (Å²) in [6.45, 7) is 5.58.